The summed E-state index contributed by atoms with van der Waals surface area (Å²) in [6, 6.07) is 20.6. The van der Waals surface area contributed by atoms with Crippen LogP contribution in [0.4, 0.5) is 0 Å². The molecule has 1 amide bonds. The number of aromatic amines is 1. The quantitative estimate of drug-likeness (QED) is 0.517. The topological polar surface area (TPSA) is 62.4 Å². The van der Waals surface area contributed by atoms with Gasteiger partial charge in [0.05, 0.1) is 20.2 Å². The summed E-state index contributed by atoms with van der Waals surface area (Å²) in [6.07, 6.45) is 0. The maximum atomic E-state index is 13.4. The minimum Gasteiger partial charge on any atom is -0.496 e. The molecule has 0 saturated heterocycles. The third-order valence-electron chi connectivity index (χ3n) is 4.75. The lowest BCUT2D eigenvalue weighted by Crippen LogP contribution is -2.31. The van der Waals surface area contributed by atoms with E-state index < -0.39 is 0 Å². The lowest BCUT2D eigenvalue weighted by Gasteiger charge is -2.23. The Morgan fingerprint density at radius 3 is 2.62 bits per heavy atom. The van der Waals surface area contributed by atoms with Gasteiger partial charge in [-0.25, -0.2) is 0 Å². The smallest absolute Gasteiger partial charge is 0.271 e. The second-order valence-corrected chi connectivity index (χ2v) is 7.68. The summed E-state index contributed by atoms with van der Waals surface area (Å²) in [5, 5.41) is 3.30. The highest BCUT2D eigenvalue weighted by Gasteiger charge is 2.20. The van der Waals surface area contributed by atoms with Gasteiger partial charge in [0.1, 0.15) is 11.4 Å². The summed E-state index contributed by atoms with van der Waals surface area (Å²) >= 11 is 1.59. The van der Waals surface area contributed by atoms with E-state index in [1.807, 2.05) is 60.0 Å². The zero-order valence-corrected chi connectivity index (χ0v) is 16.7. The Bertz CT molecular complexity index is 1200. The lowest BCUT2D eigenvalue weighted by atomic mass is 10.1. The van der Waals surface area contributed by atoms with Crippen molar-refractivity contribution in [2.45, 2.75) is 13.1 Å². The molecule has 0 fully saturated rings. The van der Waals surface area contributed by atoms with Gasteiger partial charge >= 0.3 is 0 Å². The predicted octanol–water partition coefficient (Wildman–Crippen LogP) is 4.44. The Balaban J connectivity index is 1.72. The molecule has 4 aromatic rings. The first-order valence-corrected chi connectivity index (χ1v) is 10.1. The Morgan fingerprint density at radius 2 is 1.83 bits per heavy atom. The fraction of sp³-hybridized carbons (Fsp3) is 0.130. The molecule has 0 spiro atoms. The van der Waals surface area contributed by atoms with Gasteiger partial charge in [0, 0.05) is 15.8 Å². The highest BCUT2D eigenvalue weighted by Crippen LogP contribution is 2.23. The molecule has 29 heavy (non-hydrogen) atoms. The summed E-state index contributed by atoms with van der Waals surface area (Å²) < 4.78 is 5.45. The zero-order chi connectivity index (χ0) is 20.2. The number of thiophene rings is 1. The van der Waals surface area contributed by atoms with E-state index in [0.717, 1.165) is 21.6 Å². The van der Waals surface area contributed by atoms with Crippen LogP contribution >= 0.6 is 11.3 Å². The van der Waals surface area contributed by atoms with Gasteiger partial charge < -0.3 is 14.6 Å². The van der Waals surface area contributed by atoms with E-state index in [2.05, 4.69) is 4.98 Å². The van der Waals surface area contributed by atoms with Crippen LogP contribution in [0.15, 0.2) is 76.9 Å². The fourth-order valence-electron chi connectivity index (χ4n) is 3.33. The van der Waals surface area contributed by atoms with Crippen molar-refractivity contribution in [2.75, 3.05) is 7.11 Å². The number of fused-ring (bicyclic) bond motifs is 1. The maximum Gasteiger partial charge on any atom is 0.271 e. The van der Waals surface area contributed by atoms with Crippen molar-refractivity contribution in [3.8, 4) is 5.75 Å². The molecule has 2 aromatic heterocycles. The largest absolute Gasteiger partial charge is 0.496 e. The third-order valence-corrected chi connectivity index (χ3v) is 5.61. The number of benzene rings is 2. The van der Waals surface area contributed by atoms with Crippen LogP contribution in [-0.4, -0.2) is 22.9 Å². The first-order valence-electron chi connectivity index (χ1n) is 9.21. The predicted molar refractivity (Wildman–Crippen MR) is 115 cm³/mol. The normalized spacial score (nSPS) is 10.8. The molecule has 0 unspecified atom stereocenters. The molecule has 146 valence electrons. The van der Waals surface area contributed by atoms with Crippen molar-refractivity contribution >= 4 is 28.0 Å². The van der Waals surface area contributed by atoms with Crippen molar-refractivity contribution in [1.29, 1.82) is 0 Å². The van der Waals surface area contributed by atoms with E-state index in [1.54, 1.807) is 35.5 Å². The SMILES string of the molecule is COc1ccccc1CN(Cc1cccs1)C(=O)c1cc2ccccc2c(=O)[nH]1. The molecule has 5 nitrogen and oxygen atoms in total. The number of hydrogen-bond acceptors (Lipinski definition) is 4. The van der Waals surface area contributed by atoms with Gasteiger partial charge in [-0.15, -0.1) is 11.3 Å². The highest BCUT2D eigenvalue weighted by molar-refractivity contribution is 7.09. The van der Waals surface area contributed by atoms with Crippen molar-refractivity contribution < 1.29 is 9.53 Å². The minimum absolute atomic E-state index is 0.229. The van der Waals surface area contributed by atoms with Crippen LogP contribution in [0.5, 0.6) is 5.75 Å². The van der Waals surface area contributed by atoms with E-state index >= 15 is 0 Å². The number of carbonyl (C=O) groups excluding carboxylic acids is 1. The molecule has 2 aromatic carbocycles. The number of methoxy groups -OCH3 is 1. The van der Waals surface area contributed by atoms with Crippen molar-refractivity contribution in [3.63, 3.8) is 0 Å². The van der Waals surface area contributed by atoms with E-state index in [-0.39, 0.29) is 17.2 Å². The van der Waals surface area contributed by atoms with Gasteiger partial charge in [-0.05, 0) is 35.0 Å². The van der Waals surface area contributed by atoms with Crippen LogP contribution in [0.2, 0.25) is 0 Å². The number of amides is 1. The van der Waals surface area contributed by atoms with Gasteiger partial charge in [-0.3, -0.25) is 9.59 Å². The number of nitrogens with one attached hydrogen (secondary N) is 1. The van der Waals surface area contributed by atoms with E-state index in [9.17, 15) is 9.59 Å². The number of carbonyl (C=O) groups is 1. The molecule has 0 aliphatic heterocycles. The summed E-state index contributed by atoms with van der Waals surface area (Å²) in [6.45, 7) is 0.818. The first kappa shape index (κ1) is 19.0. The molecule has 0 radical (unpaired) electrons. The Hall–Kier alpha value is -3.38. The molecular formula is C23H20N2O3S. The molecule has 0 aliphatic carbocycles. The molecular weight excluding hydrogens is 384 g/mol. The summed E-state index contributed by atoms with van der Waals surface area (Å²) in [5.74, 6) is 0.496. The average Bonchev–Trinajstić information content (AvgIpc) is 3.26. The Morgan fingerprint density at radius 1 is 1.03 bits per heavy atom. The average molecular weight is 404 g/mol. The van der Waals surface area contributed by atoms with Gasteiger partial charge in [0.2, 0.25) is 0 Å². The summed E-state index contributed by atoms with van der Waals surface area (Å²) in [4.78, 5) is 31.4. The molecule has 0 saturated carbocycles. The number of para-hydroxylation sites is 1. The Kier molecular flexibility index (Phi) is 5.44. The minimum atomic E-state index is -0.264. The number of hydrogen-bond donors (Lipinski definition) is 1. The second-order valence-electron chi connectivity index (χ2n) is 6.65. The fourth-order valence-corrected chi connectivity index (χ4v) is 4.05. The van der Waals surface area contributed by atoms with Gasteiger partial charge in [-0.2, -0.15) is 0 Å². The molecule has 0 bridgehead atoms. The number of ether oxygens (including phenoxy) is 1. The molecule has 0 atom stereocenters. The van der Waals surface area contributed by atoms with E-state index in [0.29, 0.717) is 18.5 Å². The van der Waals surface area contributed by atoms with E-state index in [1.165, 1.54) is 0 Å². The molecule has 1 N–H and O–H groups in total. The second kappa shape index (κ2) is 8.32. The number of aromatic nitrogens is 1. The maximum absolute atomic E-state index is 13.4. The number of nitrogens with zero attached hydrogens (tertiary/aromatic N) is 1. The number of pyridine rings is 1. The number of rotatable bonds is 6. The molecule has 6 heteroatoms. The lowest BCUT2D eigenvalue weighted by molar-refractivity contribution is 0.0724. The van der Waals surface area contributed by atoms with Crippen LogP contribution in [-0.2, 0) is 13.1 Å². The van der Waals surface area contributed by atoms with Crippen LogP contribution in [0.25, 0.3) is 10.8 Å². The van der Waals surface area contributed by atoms with Crippen LogP contribution in [0.3, 0.4) is 0 Å². The van der Waals surface area contributed by atoms with Crippen molar-refractivity contribution in [2.24, 2.45) is 0 Å². The van der Waals surface area contributed by atoms with Crippen molar-refractivity contribution in [1.82, 2.24) is 9.88 Å². The summed E-state index contributed by atoms with van der Waals surface area (Å²) in [5.41, 5.74) is 0.919. The summed E-state index contributed by atoms with van der Waals surface area (Å²) in [7, 11) is 1.62. The van der Waals surface area contributed by atoms with Crippen LogP contribution < -0.4 is 10.3 Å². The molecule has 4 rings (SSSR count). The first-order chi connectivity index (χ1) is 14.2. The van der Waals surface area contributed by atoms with Gasteiger partial charge in [0.15, 0.2) is 0 Å². The monoisotopic (exact) mass is 404 g/mol. The van der Waals surface area contributed by atoms with Crippen LogP contribution in [0.1, 0.15) is 20.9 Å². The molecule has 0 aliphatic rings. The van der Waals surface area contributed by atoms with Crippen LogP contribution in [0, 0.1) is 0 Å². The third kappa shape index (κ3) is 4.07. The molecule has 2 heterocycles. The van der Waals surface area contributed by atoms with E-state index in [4.69, 9.17) is 4.74 Å². The Labute approximate surface area is 172 Å². The van der Waals surface area contributed by atoms with Gasteiger partial charge in [0.25, 0.3) is 11.5 Å². The zero-order valence-electron chi connectivity index (χ0n) is 15.9. The van der Waals surface area contributed by atoms with Crippen molar-refractivity contribution in [3.05, 3.63) is 98.6 Å². The highest BCUT2D eigenvalue weighted by atomic mass is 32.1. The van der Waals surface area contributed by atoms with Gasteiger partial charge in [-0.1, -0.05) is 42.5 Å². The standard InChI is InChI=1S/C23H20N2O3S/c1-28-21-11-5-3-8-17(21)14-25(15-18-9-6-12-29-18)23(27)20-13-16-7-2-4-10-19(16)22(26)24-20/h2-13H,14-15H2,1H3,(H,24,26). The number of H-pyrrole nitrogens is 1.